The van der Waals surface area contributed by atoms with Crippen molar-refractivity contribution in [1.29, 1.82) is 0 Å². The van der Waals surface area contributed by atoms with E-state index in [1.54, 1.807) is 12.1 Å². The Morgan fingerprint density at radius 1 is 1.47 bits per heavy atom. The van der Waals surface area contributed by atoms with Gasteiger partial charge in [-0.15, -0.1) is 23.7 Å². The van der Waals surface area contributed by atoms with Crippen LogP contribution < -0.4 is 11.1 Å². The fraction of sp³-hybridized carbons (Fsp3) is 0.545. The number of hydrogen-bond acceptors (Lipinski definition) is 3. The maximum Gasteiger partial charge on any atom is 0.261 e. The summed E-state index contributed by atoms with van der Waals surface area (Å²) in [5.41, 5.74) is 5.58. The van der Waals surface area contributed by atoms with Crippen LogP contribution in [-0.2, 0) is 0 Å². The zero-order chi connectivity index (χ0) is 11.6. The number of carbonyl (C=O) groups is 1. The molecule has 1 aliphatic rings. The van der Waals surface area contributed by atoms with Gasteiger partial charge in [-0.05, 0) is 25.0 Å². The first-order valence-corrected chi connectivity index (χ1v) is 6.63. The van der Waals surface area contributed by atoms with Crippen LogP contribution >= 0.6 is 35.3 Å². The lowest BCUT2D eigenvalue weighted by Crippen LogP contribution is -2.51. The van der Waals surface area contributed by atoms with E-state index in [1.807, 2.05) is 0 Å². The number of amides is 1. The number of thiophene rings is 1. The number of nitrogens with two attached hydrogens (primary N) is 1. The topological polar surface area (TPSA) is 55.1 Å². The molecule has 0 radical (unpaired) electrons. The molecule has 3 nitrogen and oxygen atoms in total. The van der Waals surface area contributed by atoms with E-state index in [1.165, 1.54) is 11.3 Å². The van der Waals surface area contributed by atoms with Gasteiger partial charge in [0.05, 0.1) is 14.8 Å². The number of nitrogens with one attached hydrogen (secondary N) is 1. The minimum Gasteiger partial charge on any atom is -0.345 e. The summed E-state index contributed by atoms with van der Waals surface area (Å²) >= 11 is 7.10. The van der Waals surface area contributed by atoms with Crippen LogP contribution in [0.4, 0.5) is 0 Å². The molecule has 0 unspecified atom stereocenters. The largest absolute Gasteiger partial charge is 0.345 e. The molecule has 1 heterocycles. The molecule has 1 aromatic rings. The summed E-state index contributed by atoms with van der Waals surface area (Å²) in [7, 11) is 0. The van der Waals surface area contributed by atoms with Crippen molar-refractivity contribution in [3.8, 4) is 0 Å². The van der Waals surface area contributed by atoms with Crippen LogP contribution in [0, 0.1) is 0 Å². The predicted octanol–water partition coefficient (Wildman–Crippen LogP) is 2.82. The van der Waals surface area contributed by atoms with Crippen molar-refractivity contribution < 1.29 is 4.79 Å². The van der Waals surface area contributed by atoms with Crippen molar-refractivity contribution in [3.63, 3.8) is 0 Å². The minimum absolute atomic E-state index is 0. The number of hydrogen-bond donors (Lipinski definition) is 2. The first-order valence-electron chi connectivity index (χ1n) is 5.43. The molecule has 17 heavy (non-hydrogen) atoms. The van der Waals surface area contributed by atoms with E-state index in [4.69, 9.17) is 17.3 Å². The van der Waals surface area contributed by atoms with Gasteiger partial charge >= 0.3 is 0 Å². The molecule has 1 saturated carbocycles. The summed E-state index contributed by atoms with van der Waals surface area (Å²) in [6, 6.07) is 3.49. The lowest BCUT2D eigenvalue weighted by Gasteiger charge is -2.28. The molecular formula is C11H16Cl2N2OS. The molecule has 0 atom stereocenters. The Morgan fingerprint density at radius 3 is 2.59 bits per heavy atom. The van der Waals surface area contributed by atoms with Crippen LogP contribution in [0.2, 0.25) is 4.34 Å². The number of halogens is 2. The highest BCUT2D eigenvalue weighted by Gasteiger charge is 2.34. The highest BCUT2D eigenvalue weighted by Crippen LogP contribution is 2.30. The van der Waals surface area contributed by atoms with E-state index in [-0.39, 0.29) is 23.9 Å². The van der Waals surface area contributed by atoms with Gasteiger partial charge in [-0.1, -0.05) is 24.4 Å². The van der Waals surface area contributed by atoms with Crippen LogP contribution in [-0.4, -0.2) is 18.0 Å². The fourth-order valence-electron chi connectivity index (χ4n) is 2.17. The molecule has 0 aromatic carbocycles. The van der Waals surface area contributed by atoms with Gasteiger partial charge in [-0.3, -0.25) is 4.79 Å². The van der Waals surface area contributed by atoms with Crippen LogP contribution in [0.5, 0.6) is 0 Å². The number of rotatable bonds is 3. The Hall–Kier alpha value is -0.290. The lowest BCUT2D eigenvalue weighted by atomic mass is 9.98. The van der Waals surface area contributed by atoms with Crippen LogP contribution in [0.1, 0.15) is 35.4 Å². The van der Waals surface area contributed by atoms with E-state index in [9.17, 15) is 4.79 Å². The summed E-state index contributed by atoms with van der Waals surface area (Å²) in [6.07, 6.45) is 4.24. The lowest BCUT2D eigenvalue weighted by molar-refractivity contribution is 0.0907. The van der Waals surface area contributed by atoms with Crippen molar-refractivity contribution in [2.24, 2.45) is 5.73 Å². The Bertz CT molecular complexity index is 389. The Balaban J connectivity index is 0.00000144. The molecule has 0 aliphatic heterocycles. The first-order chi connectivity index (χ1) is 7.65. The van der Waals surface area contributed by atoms with Crippen molar-refractivity contribution in [2.45, 2.75) is 31.2 Å². The van der Waals surface area contributed by atoms with Crippen molar-refractivity contribution in [1.82, 2.24) is 5.32 Å². The predicted molar refractivity (Wildman–Crippen MR) is 74.3 cm³/mol. The highest BCUT2D eigenvalue weighted by atomic mass is 35.5. The third-order valence-electron chi connectivity index (χ3n) is 3.13. The molecule has 1 aliphatic carbocycles. The number of carbonyl (C=O) groups excluding carboxylic acids is 1. The molecule has 0 bridgehead atoms. The van der Waals surface area contributed by atoms with Crippen molar-refractivity contribution in [3.05, 3.63) is 21.3 Å². The summed E-state index contributed by atoms with van der Waals surface area (Å²) in [4.78, 5) is 12.6. The van der Waals surface area contributed by atoms with Gasteiger partial charge in [-0.2, -0.15) is 0 Å². The Kier molecular flexibility index (Phi) is 5.25. The van der Waals surface area contributed by atoms with Gasteiger partial charge in [0.25, 0.3) is 5.91 Å². The zero-order valence-electron chi connectivity index (χ0n) is 9.37. The molecule has 0 spiro atoms. The molecule has 96 valence electrons. The first kappa shape index (κ1) is 14.8. The second-order valence-electron chi connectivity index (χ2n) is 4.25. The quantitative estimate of drug-likeness (QED) is 0.901. The van der Waals surface area contributed by atoms with Gasteiger partial charge in [0.15, 0.2) is 0 Å². The van der Waals surface area contributed by atoms with E-state index in [0.717, 1.165) is 25.7 Å². The zero-order valence-corrected chi connectivity index (χ0v) is 11.8. The second-order valence-corrected chi connectivity index (χ2v) is 5.96. The average Bonchev–Trinajstić information content (AvgIpc) is 2.88. The normalized spacial score (nSPS) is 17.5. The van der Waals surface area contributed by atoms with Crippen molar-refractivity contribution >= 4 is 41.3 Å². The van der Waals surface area contributed by atoms with E-state index in [0.29, 0.717) is 15.8 Å². The Labute approximate surface area is 116 Å². The standard InChI is InChI=1S/C11H15ClN2OS.ClH/c12-9-4-3-8(16-9)10(15)14-11(7-13)5-1-2-6-11;/h3-4H,1-2,5-7,13H2,(H,14,15);1H. The summed E-state index contributed by atoms with van der Waals surface area (Å²) in [5, 5.41) is 3.06. The fourth-order valence-corrected chi connectivity index (χ4v) is 3.11. The van der Waals surface area contributed by atoms with Crippen LogP contribution in [0.3, 0.4) is 0 Å². The van der Waals surface area contributed by atoms with Gasteiger partial charge in [-0.25, -0.2) is 0 Å². The van der Waals surface area contributed by atoms with Gasteiger partial charge in [0.1, 0.15) is 0 Å². The van der Waals surface area contributed by atoms with E-state index >= 15 is 0 Å². The minimum atomic E-state index is -0.187. The molecule has 1 aromatic heterocycles. The molecule has 3 N–H and O–H groups in total. The van der Waals surface area contributed by atoms with Gasteiger partial charge in [0.2, 0.25) is 0 Å². The van der Waals surface area contributed by atoms with Gasteiger partial charge in [0, 0.05) is 6.54 Å². The summed E-state index contributed by atoms with van der Waals surface area (Å²) in [5.74, 6) is -0.0516. The SMILES string of the molecule is Cl.NCC1(NC(=O)c2ccc(Cl)s2)CCCC1. The second kappa shape index (κ2) is 6.05. The third-order valence-corrected chi connectivity index (χ3v) is 4.36. The monoisotopic (exact) mass is 294 g/mol. The maximum atomic E-state index is 12.0. The molecule has 1 amide bonds. The molecule has 1 fully saturated rings. The summed E-state index contributed by atoms with van der Waals surface area (Å²) in [6.45, 7) is 0.512. The van der Waals surface area contributed by atoms with Crippen molar-refractivity contribution in [2.75, 3.05) is 6.54 Å². The smallest absolute Gasteiger partial charge is 0.261 e. The Morgan fingerprint density at radius 2 is 2.12 bits per heavy atom. The average molecular weight is 295 g/mol. The summed E-state index contributed by atoms with van der Waals surface area (Å²) < 4.78 is 0.637. The third kappa shape index (κ3) is 3.35. The molecule has 2 rings (SSSR count). The van der Waals surface area contributed by atoms with Crippen LogP contribution in [0.25, 0.3) is 0 Å². The van der Waals surface area contributed by atoms with Gasteiger partial charge < -0.3 is 11.1 Å². The molecular weight excluding hydrogens is 279 g/mol. The van der Waals surface area contributed by atoms with E-state index < -0.39 is 0 Å². The van der Waals surface area contributed by atoms with Crippen LogP contribution in [0.15, 0.2) is 12.1 Å². The highest BCUT2D eigenvalue weighted by molar-refractivity contribution is 7.18. The maximum absolute atomic E-state index is 12.0. The molecule has 0 saturated heterocycles. The molecule has 6 heteroatoms. The van der Waals surface area contributed by atoms with E-state index in [2.05, 4.69) is 5.32 Å².